The third-order valence-electron chi connectivity index (χ3n) is 5.11. The number of piperazine rings is 1. The summed E-state index contributed by atoms with van der Waals surface area (Å²) in [7, 11) is 1.70. The van der Waals surface area contributed by atoms with Gasteiger partial charge in [0.15, 0.2) is 5.96 Å². The number of ether oxygens (including phenoxy) is 2. The zero-order valence-corrected chi connectivity index (χ0v) is 16.8. The van der Waals surface area contributed by atoms with E-state index in [2.05, 4.69) is 34.2 Å². The molecule has 3 rings (SSSR count). The zero-order valence-electron chi connectivity index (χ0n) is 16.8. The first kappa shape index (κ1) is 19.8. The molecule has 150 valence electrons. The summed E-state index contributed by atoms with van der Waals surface area (Å²) in [5.74, 6) is 2.78. The number of aliphatic imine (C=N–C) groups is 1. The molecule has 1 saturated heterocycles. The smallest absolute Gasteiger partial charge is 0.194 e. The van der Waals surface area contributed by atoms with Crippen LogP contribution in [0.4, 0.5) is 5.69 Å². The molecule has 0 radical (unpaired) electrons. The lowest BCUT2D eigenvalue weighted by atomic mass is 10.2. The second kappa shape index (κ2) is 10.4. The van der Waals surface area contributed by atoms with Crippen molar-refractivity contribution in [3.63, 3.8) is 0 Å². The number of nitrogens with zero attached hydrogens (tertiary/aromatic N) is 3. The van der Waals surface area contributed by atoms with Crippen LogP contribution < -0.4 is 15.0 Å². The fourth-order valence-electron chi connectivity index (χ4n) is 3.28. The van der Waals surface area contributed by atoms with Gasteiger partial charge in [0.05, 0.1) is 7.11 Å². The van der Waals surface area contributed by atoms with Gasteiger partial charge in [-0.15, -0.1) is 0 Å². The lowest BCUT2D eigenvalue weighted by molar-refractivity contribution is 0.123. The summed E-state index contributed by atoms with van der Waals surface area (Å²) in [6, 6.07) is 8.32. The predicted octanol–water partition coefficient (Wildman–Crippen LogP) is 2.60. The van der Waals surface area contributed by atoms with Crippen LogP contribution >= 0.6 is 0 Å². The molecule has 1 aliphatic heterocycles. The number of rotatable bonds is 9. The second-order valence-electron chi connectivity index (χ2n) is 7.28. The van der Waals surface area contributed by atoms with Crippen molar-refractivity contribution in [2.45, 2.75) is 26.2 Å². The molecule has 1 saturated carbocycles. The molecule has 1 aromatic carbocycles. The summed E-state index contributed by atoms with van der Waals surface area (Å²) in [4.78, 5) is 9.60. The van der Waals surface area contributed by atoms with Crippen LogP contribution in [-0.4, -0.2) is 70.5 Å². The van der Waals surface area contributed by atoms with Crippen LogP contribution in [0.1, 0.15) is 26.2 Å². The van der Waals surface area contributed by atoms with Gasteiger partial charge in [0, 0.05) is 58.2 Å². The summed E-state index contributed by atoms with van der Waals surface area (Å²) in [5.41, 5.74) is 1.25. The molecule has 0 aromatic heterocycles. The van der Waals surface area contributed by atoms with Crippen LogP contribution in [0.15, 0.2) is 29.3 Å². The Morgan fingerprint density at radius 3 is 2.52 bits per heavy atom. The van der Waals surface area contributed by atoms with Crippen molar-refractivity contribution in [2.75, 3.05) is 64.5 Å². The minimum Gasteiger partial charge on any atom is -0.497 e. The quantitative estimate of drug-likeness (QED) is 0.409. The highest BCUT2D eigenvalue weighted by Crippen LogP contribution is 2.28. The Balaban J connectivity index is 1.43. The van der Waals surface area contributed by atoms with Gasteiger partial charge in [0.25, 0.3) is 0 Å². The van der Waals surface area contributed by atoms with E-state index < -0.39 is 0 Å². The Labute approximate surface area is 163 Å². The molecular weight excluding hydrogens is 340 g/mol. The van der Waals surface area contributed by atoms with Gasteiger partial charge >= 0.3 is 0 Å². The zero-order chi connectivity index (χ0) is 18.9. The molecule has 1 heterocycles. The molecule has 0 spiro atoms. The number of hydrogen-bond donors (Lipinski definition) is 1. The Morgan fingerprint density at radius 2 is 1.89 bits per heavy atom. The van der Waals surface area contributed by atoms with E-state index in [4.69, 9.17) is 14.5 Å². The van der Waals surface area contributed by atoms with Gasteiger partial charge in [-0.3, -0.25) is 4.99 Å². The fourth-order valence-corrected chi connectivity index (χ4v) is 3.28. The normalized spacial score (nSPS) is 17.9. The van der Waals surface area contributed by atoms with E-state index in [1.165, 1.54) is 18.5 Å². The molecule has 6 nitrogen and oxygen atoms in total. The van der Waals surface area contributed by atoms with Crippen molar-refractivity contribution in [2.24, 2.45) is 10.9 Å². The van der Waals surface area contributed by atoms with Crippen LogP contribution in [0.3, 0.4) is 0 Å². The molecule has 1 aromatic rings. The minimum absolute atomic E-state index is 0.824. The van der Waals surface area contributed by atoms with Crippen molar-refractivity contribution in [1.29, 1.82) is 0 Å². The third kappa shape index (κ3) is 6.31. The molecule has 0 bridgehead atoms. The van der Waals surface area contributed by atoms with Crippen molar-refractivity contribution in [3.8, 4) is 5.75 Å². The Hall–Kier alpha value is -1.95. The number of nitrogens with one attached hydrogen (secondary N) is 1. The van der Waals surface area contributed by atoms with E-state index in [-0.39, 0.29) is 0 Å². The highest BCUT2D eigenvalue weighted by Gasteiger charge is 2.21. The first-order valence-electron chi connectivity index (χ1n) is 10.3. The van der Waals surface area contributed by atoms with Crippen LogP contribution in [0.5, 0.6) is 5.75 Å². The average Bonchev–Trinajstić information content (AvgIpc) is 3.54. The maximum absolute atomic E-state index is 5.71. The van der Waals surface area contributed by atoms with Crippen LogP contribution in [-0.2, 0) is 4.74 Å². The molecule has 0 amide bonds. The van der Waals surface area contributed by atoms with Gasteiger partial charge in [-0.05, 0) is 56.4 Å². The van der Waals surface area contributed by atoms with Crippen LogP contribution in [0.25, 0.3) is 0 Å². The predicted molar refractivity (Wildman–Crippen MR) is 111 cm³/mol. The van der Waals surface area contributed by atoms with Crippen molar-refractivity contribution >= 4 is 11.6 Å². The first-order valence-corrected chi connectivity index (χ1v) is 10.3. The molecule has 27 heavy (non-hydrogen) atoms. The van der Waals surface area contributed by atoms with Crippen molar-refractivity contribution in [1.82, 2.24) is 10.2 Å². The third-order valence-corrected chi connectivity index (χ3v) is 5.11. The van der Waals surface area contributed by atoms with Gasteiger partial charge < -0.3 is 24.6 Å². The standard InChI is InChI=1S/C21H34N4O2/c1-3-22-21(23-11-4-16-27-17-18-5-6-18)25-14-12-24(13-15-25)19-7-9-20(26-2)10-8-19/h7-10,18H,3-6,11-17H2,1-2H3,(H,22,23). The lowest BCUT2D eigenvalue weighted by Crippen LogP contribution is -2.52. The molecule has 1 N–H and O–H groups in total. The Morgan fingerprint density at radius 1 is 1.15 bits per heavy atom. The van der Waals surface area contributed by atoms with E-state index in [0.29, 0.717) is 0 Å². The van der Waals surface area contributed by atoms with Gasteiger partial charge in [-0.25, -0.2) is 0 Å². The van der Waals surface area contributed by atoms with Crippen molar-refractivity contribution in [3.05, 3.63) is 24.3 Å². The van der Waals surface area contributed by atoms with Gasteiger partial charge in [0.2, 0.25) is 0 Å². The lowest BCUT2D eigenvalue weighted by Gasteiger charge is -2.37. The topological polar surface area (TPSA) is 49.3 Å². The summed E-state index contributed by atoms with van der Waals surface area (Å²) < 4.78 is 11.0. The molecular formula is C21H34N4O2. The number of anilines is 1. The van der Waals surface area contributed by atoms with Gasteiger partial charge in [-0.1, -0.05) is 0 Å². The van der Waals surface area contributed by atoms with Crippen molar-refractivity contribution < 1.29 is 9.47 Å². The monoisotopic (exact) mass is 374 g/mol. The molecule has 2 aliphatic rings. The minimum atomic E-state index is 0.824. The molecule has 0 atom stereocenters. The average molecular weight is 375 g/mol. The van der Waals surface area contributed by atoms with Gasteiger partial charge in [-0.2, -0.15) is 0 Å². The summed E-state index contributed by atoms with van der Waals surface area (Å²) >= 11 is 0. The molecule has 0 unspecified atom stereocenters. The largest absolute Gasteiger partial charge is 0.497 e. The van der Waals surface area contributed by atoms with Gasteiger partial charge in [0.1, 0.15) is 5.75 Å². The molecule has 2 fully saturated rings. The summed E-state index contributed by atoms with van der Waals surface area (Å²) in [5, 5.41) is 3.44. The Kier molecular flexibility index (Phi) is 7.63. The van der Waals surface area contributed by atoms with E-state index in [1.807, 2.05) is 12.1 Å². The maximum Gasteiger partial charge on any atom is 0.194 e. The fraction of sp³-hybridized carbons (Fsp3) is 0.667. The highest BCUT2D eigenvalue weighted by atomic mass is 16.5. The van der Waals surface area contributed by atoms with E-state index in [1.54, 1.807) is 7.11 Å². The number of guanidine groups is 1. The SMILES string of the molecule is CCNC(=NCCCOCC1CC1)N1CCN(c2ccc(OC)cc2)CC1. The van der Waals surface area contributed by atoms with E-state index >= 15 is 0 Å². The molecule has 1 aliphatic carbocycles. The number of hydrogen-bond acceptors (Lipinski definition) is 4. The van der Waals surface area contributed by atoms with E-state index in [9.17, 15) is 0 Å². The Bertz CT molecular complexity index is 578. The van der Waals surface area contributed by atoms with Crippen LogP contribution in [0.2, 0.25) is 0 Å². The van der Waals surface area contributed by atoms with E-state index in [0.717, 1.165) is 76.5 Å². The summed E-state index contributed by atoms with van der Waals surface area (Å²) in [6.07, 6.45) is 3.70. The second-order valence-corrected chi connectivity index (χ2v) is 7.28. The maximum atomic E-state index is 5.71. The first-order chi connectivity index (χ1) is 13.3. The number of methoxy groups -OCH3 is 1. The number of benzene rings is 1. The highest BCUT2D eigenvalue weighted by molar-refractivity contribution is 5.80. The summed E-state index contributed by atoms with van der Waals surface area (Å²) in [6.45, 7) is 9.58. The molecule has 6 heteroatoms. The van der Waals surface area contributed by atoms with Crippen LogP contribution in [0, 0.1) is 5.92 Å².